The minimum absolute atomic E-state index is 0.111. The van der Waals surface area contributed by atoms with Crippen LogP contribution in [0.25, 0.3) is 0 Å². The van der Waals surface area contributed by atoms with Crippen LogP contribution in [0.2, 0.25) is 5.02 Å². The third kappa shape index (κ3) is 4.76. The quantitative estimate of drug-likeness (QED) is 0.367. The molecule has 3 rings (SSSR count). The summed E-state index contributed by atoms with van der Waals surface area (Å²) in [6.07, 6.45) is -0.352. The Hall–Kier alpha value is -3.23. The highest BCUT2D eigenvalue weighted by molar-refractivity contribution is 6.30. The Kier molecular flexibility index (Phi) is 7.59. The molecule has 1 aliphatic rings. The molecule has 12 heteroatoms. The Morgan fingerprint density at radius 2 is 1.76 bits per heavy atom. The lowest BCUT2D eigenvalue weighted by Gasteiger charge is -2.40. The van der Waals surface area contributed by atoms with Gasteiger partial charge in [-0.25, -0.2) is 23.4 Å². The Bertz CT molecular complexity index is 1250. The maximum absolute atomic E-state index is 15.5. The SMILES string of the molecule is CC(C)(C)C[C@@H]1N(C(F)(F)C(=O)OF)[C@@H](C(=O)O)[C@H](c2cccc(Cl)c2F)[C@@]1(C#N)c1ccc(F)cc1. The van der Waals surface area contributed by atoms with Crippen LogP contribution in [0.5, 0.6) is 0 Å². The number of nitriles is 1. The molecule has 1 saturated heterocycles. The van der Waals surface area contributed by atoms with E-state index in [0.29, 0.717) is 0 Å². The van der Waals surface area contributed by atoms with Gasteiger partial charge in [-0.3, -0.25) is 4.79 Å². The van der Waals surface area contributed by atoms with E-state index in [-0.39, 0.29) is 16.9 Å². The molecule has 0 aliphatic carbocycles. The summed E-state index contributed by atoms with van der Waals surface area (Å²) in [7, 11) is 0. The molecule has 0 unspecified atom stereocenters. The van der Waals surface area contributed by atoms with Gasteiger partial charge in [0.1, 0.15) is 23.1 Å². The molecule has 1 aliphatic heterocycles. The number of hydrogen-bond acceptors (Lipinski definition) is 5. The van der Waals surface area contributed by atoms with Crippen LogP contribution in [0.15, 0.2) is 42.5 Å². The van der Waals surface area contributed by atoms with Crippen molar-refractivity contribution in [3.63, 3.8) is 0 Å². The van der Waals surface area contributed by atoms with Crippen molar-refractivity contribution in [3.05, 3.63) is 70.2 Å². The van der Waals surface area contributed by atoms with E-state index in [1.54, 1.807) is 20.8 Å². The van der Waals surface area contributed by atoms with Crippen molar-refractivity contribution in [2.75, 3.05) is 0 Å². The number of hydrogen-bond donors (Lipinski definition) is 1. The zero-order valence-electron chi connectivity index (χ0n) is 19.8. The van der Waals surface area contributed by atoms with Gasteiger partial charge in [-0.05, 0) is 41.2 Å². The Morgan fingerprint density at radius 1 is 1.16 bits per heavy atom. The van der Waals surface area contributed by atoms with Gasteiger partial charge in [-0.2, -0.15) is 14.0 Å². The van der Waals surface area contributed by atoms with E-state index in [4.69, 9.17) is 11.6 Å². The molecule has 37 heavy (non-hydrogen) atoms. The molecule has 1 fully saturated rings. The average Bonchev–Trinajstić information content (AvgIpc) is 3.10. The molecule has 0 saturated carbocycles. The highest BCUT2D eigenvalue weighted by Gasteiger charge is 2.71. The van der Waals surface area contributed by atoms with Gasteiger partial charge in [0.05, 0.1) is 11.1 Å². The largest absolute Gasteiger partial charge is 0.480 e. The monoisotopic (exact) mass is 544 g/mol. The second-order valence-electron chi connectivity index (χ2n) is 9.99. The van der Waals surface area contributed by atoms with Crippen molar-refractivity contribution < 1.29 is 41.7 Å². The van der Waals surface area contributed by atoms with E-state index < -0.39 is 69.0 Å². The molecule has 1 N–H and O–H groups in total. The van der Waals surface area contributed by atoms with Crippen LogP contribution >= 0.6 is 11.6 Å². The molecule has 0 aromatic heterocycles. The molecule has 198 valence electrons. The highest BCUT2D eigenvalue weighted by Crippen LogP contribution is 2.58. The number of aliphatic carboxylic acids is 1. The number of nitrogens with zero attached hydrogens (tertiary/aromatic N) is 2. The molecule has 4 atom stereocenters. The van der Waals surface area contributed by atoms with Crippen molar-refractivity contribution in [1.29, 1.82) is 5.26 Å². The lowest BCUT2D eigenvalue weighted by Crippen LogP contribution is -2.58. The van der Waals surface area contributed by atoms with E-state index in [1.165, 1.54) is 6.07 Å². The van der Waals surface area contributed by atoms with E-state index in [2.05, 4.69) is 4.94 Å². The smallest absolute Gasteiger partial charge is 0.434 e. The molecule has 0 radical (unpaired) electrons. The lowest BCUT2D eigenvalue weighted by atomic mass is 9.63. The third-order valence-corrected chi connectivity index (χ3v) is 6.78. The number of alkyl halides is 2. The van der Waals surface area contributed by atoms with Gasteiger partial charge in [-0.1, -0.05) is 56.6 Å². The highest BCUT2D eigenvalue weighted by atomic mass is 35.5. The number of likely N-dealkylation sites (tertiary alicyclic amines) is 1. The first kappa shape index (κ1) is 28.3. The summed E-state index contributed by atoms with van der Waals surface area (Å²) in [6.45, 7) is 4.81. The number of carboxylic acid groups (broad SMARTS) is 1. The summed E-state index contributed by atoms with van der Waals surface area (Å²) >= 11 is 5.92. The summed E-state index contributed by atoms with van der Waals surface area (Å²) in [5.74, 6) is -8.49. The van der Waals surface area contributed by atoms with Crippen molar-refractivity contribution in [2.24, 2.45) is 5.41 Å². The van der Waals surface area contributed by atoms with Crippen molar-refractivity contribution >= 4 is 23.5 Å². The molecule has 0 spiro atoms. The zero-order valence-corrected chi connectivity index (χ0v) is 20.6. The maximum Gasteiger partial charge on any atom is 0.434 e. The first-order chi connectivity index (χ1) is 17.1. The van der Waals surface area contributed by atoms with Crippen LogP contribution in [0, 0.1) is 28.4 Å². The second kappa shape index (κ2) is 9.91. The van der Waals surface area contributed by atoms with Gasteiger partial charge in [-0.15, -0.1) is 0 Å². The molecule has 6 nitrogen and oxygen atoms in total. The fraction of sp³-hybridized carbons (Fsp3) is 0.400. The van der Waals surface area contributed by atoms with Gasteiger partial charge in [0.15, 0.2) is 0 Å². The number of carbonyl (C=O) groups excluding carboxylic acids is 1. The molecular weight excluding hydrogens is 523 g/mol. The van der Waals surface area contributed by atoms with Crippen LogP contribution in [0.1, 0.15) is 44.2 Å². The van der Waals surface area contributed by atoms with Crippen molar-refractivity contribution in [1.82, 2.24) is 4.90 Å². The molecule has 2 aromatic carbocycles. The number of halogens is 6. The topological polar surface area (TPSA) is 90.6 Å². The number of rotatable bonds is 6. The van der Waals surface area contributed by atoms with Crippen LogP contribution < -0.4 is 0 Å². The normalized spacial score (nSPS) is 24.5. The molecule has 1 heterocycles. The molecular formula is C25H22ClF5N2O4. The average molecular weight is 545 g/mol. The zero-order chi connectivity index (χ0) is 27.9. The van der Waals surface area contributed by atoms with Crippen molar-refractivity contribution in [2.45, 2.75) is 56.7 Å². The van der Waals surface area contributed by atoms with E-state index in [1.807, 2.05) is 6.07 Å². The van der Waals surface area contributed by atoms with Gasteiger partial charge in [0, 0.05) is 16.5 Å². The Morgan fingerprint density at radius 3 is 2.24 bits per heavy atom. The third-order valence-electron chi connectivity index (χ3n) is 6.49. The minimum Gasteiger partial charge on any atom is -0.480 e. The van der Waals surface area contributed by atoms with E-state index in [9.17, 15) is 28.9 Å². The summed E-state index contributed by atoms with van der Waals surface area (Å²) in [5.41, 5.74) is -3.81. The summed E-state index contributed by atoms with van der Waals surface area (Å²) in [5, 5.41) is 20.3. The van der Waals surface area contributed by atoms with Crippen LogP contribution in [0.3, 0.4) is 0 Å². The fourth-order valence-electron chi connectivity index (χ4n) is 5.14. The summed E-state index contributed by atoms with van der Waals surface area (Å²) < 4.78 is 73.2. The van der Waals surface area contributed by atoms with Gasteiger partial charge >= 0.3 is 18.0 Å². The molecule has 2 aromatic rings. The maximum atomic E-state index is 15.5. The lowest BCUT2D eigenvalue weighted by molar-refractivity contribution is -0.245. The van der Waals surface area contributed by atoms with E-state index in [0.717, 1.165) is 36.4 Å². The number of benzene rings is 2. The minimum atomic E-state index is -4.90. The summed E-state index contributed by atoms with van der Waals surface area (Å²) in [6, 6.07) is 0.237. The van der Waals surface area contributed by atoms with Gasteiger partial charge in [0.25, 0.3) is 0 Å². The predicted molar refractivity (Wildman–Crippen MR) is 121 cm³/mol. The summed E-state index contributed by atoms with van der Waals surface area (Å²) in [4.78, 5) is 27.2. The molecule has 0 amide bonds. The fourth-order valence-corrected chi connectivity index (χ4v) is 5.32. The van der Waals surface area contributed by atoms with Crippen LogP contribution in [-0.2, 0) is 19.9 Å². The van der Waals surface area contributed by atoms with Crippen molar-refractivity contribution in [3.8, 4) is 6.07 Å². The van der Waals surface area contributed by atoms with Gasteiger partial charge in [0.2, 0.25) is 0 Å². The van der Waals surface area contributed by atoms with Crippen LogP contribution in [-0.4, -0.2) is 40.1 Å². The van der Waals surface area contributed by atoms with Gasteiger partial charge < -0.3 is 5.11 Å². The number of carbonyl (C=O) groups is 2. The Labute approximate surface area is 214 Å². The Balaban J connectivity index is 2.54. The second-order valence-corrected chi connectivity index (χ2v) is 10.4. The standard InChI is InChI=1S/C25H22ClF5N2O4/c1-23(2,3)11-17-24(12-32,13-7-9-14(27)10-8-13)18(15-5-4-6-16(26)19(15)28)20(21(34)35)33(17)25(29,30)22(36)37-31/h4-10,17-18,20H,11H2,1-3H3,(H,34,35)/t17-,18-,20+,24-/m0/s1. The first-order valence-corrected chi connectivity index (χ1v) is 11.3. The van der Waals surface area contributed by atoms with E-state index >= 15 is 13.2 Å². The van der Waals surface area contributed by atoms with Crippen LogP contribution in [0.4, 0.5) is 22.1 Å². The predicted octanol–water partition coefficient (Wildman–Crippen LogP) is 5.76. The first-order valence-electron chi connectivity index (χ1n) is 11.0. The number of carboxylic acids is 1. The molecule has 0 bridgehead atoms.